The fourth-order valence-electron chi connectivity index (χ4n) is 1.39. The van der Waals surface area contributed by atoms with E-state index >= 15 is 0 Å². The van der Waals surface area contributed by atoms with Gasteiger partial charge < -0.3 is 10.4 Å². The highest BCUT2D eigenvalue weighted by molar-refractivity contribution is 7.89. The average Bonchev–Trinajstić information content (AvgIpc) is 2.88. The summed E-state index contributed by atoms with van der Waals surface area (Å²) < 4.78 is 25.2. The Bertz CT molecular complexity index is 579. The lowest BCUT2D eigenvalue weighted by Crippen LogP contribution is -2.23. The first-order valence-corrected chi connectivity index (χ1v) is 8.25. The second-order valence-electron chi connectivity index (χ2n) is 3.96. The van der Waals surface area contributed by atoms with Gasteiger partial charge in [-0.05, 0) is 26.0 Å². The van der Waals surface area contributed by atoms with Crippen molar-refractivity contribution in [1.82, 2.24) is 10.0 Å². The summed E-state index contributed by atoms with van der Waals surface area (Å²) in [4.78, 5) is 22.4. The largest absolute Gasteiger partial charge is 0.481 e. The zero-order valence-corrected chi connectivity index (χ0v) is 12.5. The van der Waals surface area contributed by atoms with Crippen LogP contribution in [0.1, 0.15) is 28.9 Å². The van der Waals surface area contributed by atoms with Gasteiger partial charge in [-0.2, -0.15) is 0 Å². The number of carbonyl (C=O) groups excluding carboxylic acids is 1. The van der Waals surface area contributed by atoms with Gasteiger partial charge in [-0.25, -0.2) is 13.1 Å². The molecule has 0 aliphatic carbocycles. The second-order valence-corrected chi connectivity index (χ2v) is 6.76. The minimum absolute atomic E-state index is 0.0565. The highest BCUT2D eigenvalue weighted by Crippen LogP contribution is 2.18. The number of thiophene rings is 1. The number of unbranched alkanes of at least 4 members (excludes halogenated alkanes) is 1. The molecule has 1 amide bonds. The van der Waals surface area contributed by atoms with Crippen LogP contribution in [0.5, 0.6) is 0 Å². The molecule has 0 saturated carbocycles. The van der Waals surface area contributed by atoms with E-state index in [2.05, 4.69) is 10.0 Å². The first-order valence-electron chi connectivity index (χ1n) is 5.89. The molecule has 0 aliphatic rings. The van der Waals surface area contributed by atoms with E-state index in [9.17, 15) is 18.0 Å². The molecule has 112 valence electrons. The highest BCUT2D eigenvalue weighted by Gasteiger charge is 2.16. The van der Waals surface area contributed by atoms with Gasteiger partial charge in [0.15, 0.2) is 0 Å². The number of rotatable bonds is 8. The number of amides is 1. The Morgan fingerprint density at radius 3 is 2.65 bits per heavy atom. The van der Waals surface area contributed by atoms with E-state index < -0.39 is 16.0 Å². The normalized spacial score (nSPS) is 11.2. The van der Waals surface area contributed by atoms with Crippen molar-refractivity contribution in [1.29, 1.82) is 0 Å². The molecule has 0 radical (unpaired) electrons. The van der Waals surface area contributed by atoms with Crippen molar-refractivity contribution in [2.24, 2.45) is 0 Å². The maximum Gasteiger partial charge on any atom is 0.303 e. The fourth-order valence-corrected chi connectivity index (χ4v) is 3.31. The quantitative estimate of drug-likeness (QED) is 0.608. The SMILES string of the molecule is CNS(=O)(=O)c1csc(C(=O)NCCCCC(=O)O)c1. The van der Waals surface area contributed by atoms with Gasteiger partial charge in [-0.3, -0.25) is 9.59 Å². The summed E-state index contributed by atoms with van der Waals surface area (Å²) in [5.41, 5.74) is 0. The summed E-state index contributed by atoms with van der Waals surface area (Å²) in [7, 11) is -2.23. The van der Waals surface area contributed by atoms with Crippen molar-refractivity contribution in [3.63, 3.8) is 0 Å². The molecule has 0 atom stereocenters. The van der Waals surface area contributed by atoms with Gasteiger partial charge in [0, 0.05) is 18.3 Å². The number of carbonyl (C=O) groups is 2. The Balaban J connectivity index is 2.47. The second kappa shape index (κ2) is 7.36. The summed E-state index contributed by atoms with van der Waals surface area (Å²) in [6.07, 6.45) is 1.12. The van der Waals surface area contributed by atoms with Crippen LogP contribution in [0, 0.1) is 0 Å². The minimum Gasteiger partial charge on any atom is -0.481 e. The molecule has 7 nitrogen and oxygen atoms in total. The molecular weight excluding hydrogens is 304 g/mol. The average molecular weight is 320 g/mol. The van der Waals surface area contributed by atoms with Crippen molar-refractivity contribution < 1.29 is 23.1 Å². The van der Waals surface area contributed by atoms with Crippen molar-refractivity contribution in [3.8, 4) is 0 Å². The van der Waals surface area contributed by atoms with Gasteiger partial charge in [0.05, 0.1) is 9.77 Å². The molecule has 1 heterocycles. The number of hydrogen-bond donors (Lipinski definition) is 3. The molecule has 20 heavy (non-hydrogen) atoms. The molecule has 0 fully saturated rings. The number of nitrogens with one attached hydrogen (secondary N) is 2. The van der Waals surface area contributed by atoms with Gasteiger partial charge in [0.2, 0.25) is 10.0 Å². The lowest BCUT2D eigenvalue weighted by Gasteiger charge is -2.02. The van der Waals surface area contributed by atoms with Gasteiger partial charge in [0.1, 0.15) is 0 Å². The van der Waals surface area contributed by atoms with Gasteiger partial charge in [-0.1, -0.05) is 0 Å². The highest BCUT2D eigenvalue weighted by atomic mass is 32.2. The number of hydrogen-bond acceptors (Lipinski definition) is 5. The number of carboxylic acid groups (broad SMARTS) is 1. The van der Waals surface area contributed by atoms with Crippen LogP contribution in [0.2, 0.25) is 0 Å². The Morgan fingerprint density at radius 1 is 1.35 bits per heavy atom. The van der Waals surface area contributed by atoms with E-state index in [-0.39, 0.29) is 17.2 Å². The minimum atomic E-state index is -3.53. The van der Waals surface area contributed by atoms with Crippen LogP contribution >= 0.6 is 11.3 Å². The number of carboxylic acids is 1. The summed E-state index contributed by atoms with van der Waals surface area (Å²) in [6.45, 7) is 0.359. The fraction of sp³-hybridized carbons (Fsp3) is 0.455. The van der Waals surface area contributed by atoms with E-state index in [1.807, 2.05) is 0 Å². The first kappa shape index (κ1) is 16.6. The molecule has 1 rings (SSSR count). The molecule has 1 aromatic rings. The van der Waals surface area contributed by atoms with Gasteiger partial charge >= 0.3 is 5.97 Å². The van der Waals surface area contributed by atoms with E-state index in [4.69, 9.17) is 5.11 Å². The monoisotopic (exact) mass is 320 g/mol. The van der Waals surface area contributed by atoms with Crippen molar-refractivity contribution in [2.75, 3.05) is 13.6 Å². The Kier molecular flexibility index (Phi) is 6.11. The van der Waals surface area contributed by atoms with Gasteiger partial charge in [0.25, 0.3) is 5.91 Å². The smallest absolute Gasteiger partial charge is 0.303 e. The molecule has 0 bridgehead atoms. The Hall–Kier alpha value is -1.45. The molecule has 0 spiro atoms. The van der Waals surface area contributed by atoms with Crippen LogP contribution < -0.4 is 10.0 Å². The predicted molar refractivity (Wildman–Crippen MR) is 74.4 cm³/mol. The van der Waals surface area contributed by atoms with Crippen molar-refractivity contribution in [2.45, 2.75) is 24.2 Å². The number of sulfonamides is 1. The molecule has 9 heteroatoms. The van der Waals surface area contributed by atoms with Crippen molar-refractivity contribution in [3.05, 3.63) is 16.3 Å². The summed E-state index contributed by atoms with van der Waals surface area (Å²) in [6, 6.07) is 1.31. The lowest BCUT2D eigenvalue weighted by atomic mass is 10.2. The van der Waals surface area contributed by atoms with E-state index in [1.165, 1.54) is 18.5 Å². The van der Waals surface area contributed by atoms with Crippen LogP contribution in [0.4, 0.5) is 0 Å². The third-order valence-corrected chi connectivity index (χ3v) is 4.95. The Morgan fingerprint density at radius 2 is 2.05 bits per heavy atom. The summed E-state index contributed by atoms with van der Waals surface area (Å²) >= 11 is 1.04. The molecule has 3 N–H and O–H groups in total. The standard InChI is InChI=1S/C11H16N2O5S2/c1-12-20(17,18)8-6-9(19-7-8)11(16)13-5-3-2-4-10(14)15/h6-7,12H,2-5H2,1H3,(H,13,16)(H,14,15). The Labute approximate surface area is 121 Å². The van der Waals surface area contributed by atoms with E-state index in [1.54, 1.807) is 0 Å². The maximum absolute atomic E-state index is 11.7. The van der Waals surface area contributed by atoms with Crippen LogP contribution in [0.15, 0.2) is 16.3 Å². The molecule has 0 aromatic carbocycles. The van der Waals surface area contributed by atoms with Crippen molar-refractivity contribution >= 4 is 33.2 Å². The first-order chi connectivity index (χ1) is 9.36. The molecule has 0 aliphatic heterocycles. The number of aliphatic carboxylic acids is 1. The lowest BCUT2D eigenvalue weighted by molar-refractivity contribution is -0.137. The topological polar surface area (TPSA) is 113 Å². The zero-order valence-electron chi connectivity index (χ0n) is 10.9. The third kappa shape index (κ3) is 4.91. The third-order valence-electron chi connectivity index (χ3n) is 2.48. The molecule has 1 aromatic heterocycles. The van der Waals surface area contributed by atoms with Crippen LogP contribution in [0.25, 0.3) is 0 Å². The predicted octanol–water partition coefficient (Wildman–Crippen LogP) is 0.641. The molecule has 0 unspecified atom stereocenters. The summed E-state index contributed by atoms with van der Waals surface area (Å²) in [5, 5.41) is 12.5. The maximum atomic E-state index is 11.7. The van der Waals surface area contributed by atoms with Crippen LogP contribution in [-0.4, -0.2) is 39.0 Å². The summed E-state index contributed by atoms with van der Waals surface area (Å²) in [5.74, 6) is -1.22. The van der Waals surface area contributed by atoms with E-state index in [0.717, 1.165) is 11.3 Å². The zero-order chi connectivity index (χ0) is 15.2. The van der Waals surface area contributed by atoms with Crippen LogP contribution in [0.3, 0.4) is 0 Å². The van der Waals surface area contributed by atoms with E-state index in [0.29, 0.717) is 24.3 Å². The van der Waals surface area contributed by atoms with Gasteiger partial charge in [-0.15, -0.1) is 11.3 Å². The van der Waals surface area contributed by atoms with Crippen LogP contribution in [-0.2, 0) is 14.8 Å². The molecule has 0 saturated heterocycles. The molecular formula is C11H16N2O5S2.